The molecule has 0 spiro atoms. The maximum Gasteiger partial charge on any atom is 0.291 e. The van der Waals surface area contributed by atoms with Crippen molar-refractivity contribution in [1.82, 2.24) is 0 Å². The van der Waals surface area contributed by atoms with E-state index in [9.17, 15) is 14.9 Å². The summed E-state index contributed by atoms with van der Waals surface area (Å²) in [5.74, 6) is -0.438. The number of nitro groups is 1. The number of rotatable bonds is 3. The zero-order chi connectivity index (χ0) is 14.0. The number of carbonyl (C=O) groups excluding carboxylic acids is 1. The molecule has 2 aromatic rings. The third-order valence-electron chi connectivity index (χ3n) is 2.20. The van der Waals surface area contributed by atoms with Gasteiger partial charge in [0, 0.05) is 11.8 Å². The van der Waals surface area contributed by atoms with Crippen LogP contribution >= 0.6 is 27.5 Å². The van der Waals surface area contributed by atoms with Crippen LogP contribution < -0.4 is 5.32 Å². The zero-order valence-electron chi connectivity index (χ0n) is 9.22. The second-order valence-electron chi connectivity index (χ2n) is 3.48. The van der Waals surface area contributed by atoms with E-state index in [1.54, 1.807) is 0 Å². The topological polar surface area (TPSA) is 85.4 Å². The fourth-order valence-corrected chi connectivity index (χ4v) is 2.03. The normalized spacial score (nSPS) is 10.2. The minimum Gasteiger partial charge on any atom is -0.440 e. The first-order valence-electron chi connectivity index (χ1n) is 4.98. The molecule has 19 heavy (non-hydrogen) atoms. The fourth-order valence-electron chi connectivity index (χ4n) is 1.36. The minimum atomic E-state index is -0.526. The molecule has 1 aromatic carbocycles. The third kappa shape index (κ3) is 3.12. The van der Waals surface area contributed by atoms with Gasteiger partial charge >= 0.3 is 0 Å². The van der Waals surface area contributed by atoms with Crippen molar-refractivity contribution in [3.05, 3.63) is 55.9 Å². The molecular weight excluding hydrogens is 339 g/mol. The quantitative estimate of drug-likeness (QED) is 0.676. The van der Waals surface area contributed by atoms with E-state index in [-0.39, 0.29) is 21.1 Å². The van der Waals surface area contributed by atoms with Crippen molar-refractivity contribution in [2.75, 3.05) is 5.32 Å². The van der Waals surface area contributed by atoms with Crippen LogP contribution in [0.2, 0.25) is 5.22 Å². The van der Waals surface area contributed by atoms with Gasteiger partial charge in [-0.1, -0.05) is 0 Å². The number of nitrogens with zero attached hydrogens (tertiary/aromatic N) is 1. The van der Waals surface area contributed by atoms with Crippen LogP contribution in [0.5, 0.6) is 0 Å². The van der Waals surface area contributed by atoms with Crippen LogP contribution in [0.4, 0.5) is 11.4 Å². The van der Waals surface area contributed by atoms with Gasteiger partial charge in [0.05, 0.1) is 9.40 Å². The highest BCUT2D eigenvalue weighted by molar-refractivity contribution is 9.10. The molecule has 1 heterocycles. The molecule has 1 aromatic heterocycles. The van der Waals surface area contributed by atoms with Crippen LogP contribution in [0.3, 0.4) is 0 Å². The highest BCUT2D eigenvalue weighted by Gasteiger charge is 2.14. The van der Waals surface area contributed by atoms with Gasteiger partial charge in [-0.3, -0.25) is 14.9 Å². The second kappa shape index (κ2) is 5.41. The van der Waals surface area contributed by atoms with Crippen molar-refractivity contribution < 1.29 is 14.1 Å². The van der Waals surface area contributed by atoms with Crippen LogP contribution in [0, 0.1) is 10.1 Å². The molecule has 0 atom stereocenters. The Labute approximate surface area is 120 Å². The number of halogens is 2. The van der Waals surface area contributed by atoms with Crippen LogP contribution in [-0.2, 0) is 0 Å². The Bertz CT molecular complexity index is 656. The second-order valence-corrected chi connectivity index (χ2v) is 4.71. The summed E-state index contributed by atoms with van der Waals surface area (Å²) in [6, 6.07) is 7.01. The van der Waals surface area contributed by atoms with E-state index in [0.717, 1.165) is 0 Å². The summed E-state index contributed by atoms with van der Waals surface area (Å²) in [6.07, 6.45) is 0. The molecule has 0 aliphatic rings. The molecule has 1 amide bonds. The number of hydrogen-bond acceptors (Lipinski definition) is 4. The lowest BCUT2D eigenvalue weighted by Crippen LogP contribution is -2.10. The van der Waals surface area contributed by atoms with Crippen molar-refractivity contribution in [2.24, 2.45) is 0 Å². The molecular formula is C11H6BrClN2O4. The summed E-state index contributed by atoms with van der Waals surface area (Å²) in [5.41, 5.74) is 0.314. The van der Waals surface area contributed by atoms with Gasteiger partial charge in [0.25, 0.3) is 11.6 Å². The molecule has 0 radical (unpaired) electrons. The van der Waals surface area contributed by atoms with Gasteiger partial charge < -0.3 is 9.73 Å². The molecule has 0 aliphatic carbocycles. The summed E-state index contributed by atoms with van der Waals surface area (Å²) in [7, 11) is 0. The third-order valence-corrected chi connectivity index (χ3v) is 3.04. The van der Waals surface area contributed by atoms with Gasteiger partial charge in [-0.2, -0.15) is 0 Å². The summed E-state index contributed by atoms with van der Waals surface area (Å²) in [4.78, 5) is 21.9. The Hall–Kier alpha value is -1.86. The molecule has 0 aliphatic heterocycles. The number of carbonyl (C=O) groups is 1. The molecule has 0 unspecified atom stereocenters. The fraction of sp³-hybridized carbons (Fsp3) is 0. The van der Waals surface area contributed by atoms with Crippen LogP contribution in [0.1, 0.15) is 10.6 Å². The molecule has 8 heteroatoms. The Morgan fingerprint density at radius 2 is 2.11 bits per heavy atom. The average Bonchev–Trinajstić information content (AvgIpc) is 2.75. The van der Waals surface area contributed by atoms with E-state index in [4.69, 9.17) is 16.0 Å². The lowest BCUT2D eigenvalue weighted by molar-refractivity contribution is -0.385. The van der Waals surface area contributed by atoms with E-state index in [1.165, 1.54) is 30.3 Å². The number of hydrogen-bond donors (Lipinski definition) is 1. The molecule has 0 fully saturated rings. The maximum absolute atomic E-state index is 11.7. The molecule has 0 saturated carbocycles. The van der Waals surface area contributed by atoms with Crippen molar-refractivity contribution in [3.63, 3.8) is 0 Å². The lowest BCUT2D eigenvalue weighted by Gasteiger charge is -2.03. The standard InChI is InChI=1S/C11H6BrClN2O4/c12-7-5-6(1-2-8(7)15(17)18)14-11(16)9-3-4-10(13)19-9/h1-5H,(H,14,16). The maximum atomic E-state index is 11.7. The van der Waals surface area contributed by atoms with Crippen LogP contribution in [-0.4, -0.2) is 10.8 Å². The van der Waals surface area contributed by atoms with Gasteiger partial charge in [-0.15, -0.1) is 0 Å². The number of furan rings is 1. The molecule has 98 valence electrons. The van der Waals surface area contributed by atoms with Gasteiger partial charge in [0.2, 0.25) is 0 Å². The highest BCUT2D eigenvalue weighted by Crippen LogP contribution is 2.28. The average molecular weight is 346 g/mol. The minimum absolute atomic E-state index is 0.0551. The molecule has 0 saturated heterocycles. The Morgan fingerprint density at radius 1 is 1.37 bits per heavy atom. The molecule has 1 N–H and O–H groups in total. The van der Waals surface area contributed by atoms with Gasteiger partial charge in [-0.25, -0.2) is 0 Å². The Kier molecular flexibility index (Phi) is 3.87. The number of anilines is 1. The smallest absolute Gasteiger partial charge is 0.291 e. The first-order valence-corrected chi connectivity index (χ1v) is 6.15. The molecule has 0 bridgehead atoms. The molecule has 6 nitrogen and oxygen atoms in total. The number of amides is 1. The Morgan fingerprint density at radius 3 is 2.63 bits per heavy atom. The monoisotopic (exact) mass is 344 g/mol. The van der Waals surface area contributed by atoms with E-state index in [0.29, 0.717) is 5.69 Å². The largest absolute Gasteiger partial charge is 0.440 e. The molecule has 2 rings (SSSR count). The van der Waals surface area contributed by atoms with Gasteiger partial charge in [-0.05, 0) is 51.8 Å². The summed E-state index contributed by atoms with van der Waals surface area (Å²) < 4.78 is 5.21. The van der Waals surface area contributed by atoms with Gasteiger partial charge in [0.1, 0.15) is 0 Å². The van der Waals surface area contributed by atoms with Crippen LogP contribution in [0.25, 0.3) is 0 Å². The van der Waals surface area contributed by atoms with E-state index in [2.05, 4.69) is 21.2 Å². The van der Waals surface area contributed by atoms with E-state index >= 15 is 0 Å². The summed E-state index contributed by atoms with van der Waals surface area (Å²) in [6.45, 7) is 0. The van der Waals surface area contributed by atoms with Crippen molar-refractivity contribution >= 4 is 44.8 Å². The zero-order valence-corrected chi connectivity index (χ0v) is 11.6. The number of nitro benzene ring substituents is 1. The predicted molar refractivity (Wildman–Crippen MR) is 72.5 cm³/mol. The van der Waals surface area contributed by atoms with Crippen molar-refractivity contribution in [3.8, 4) is 0 Å². The van der Waals surface area contributed by atoms with E-state index in [1.807, 2.05) is 0 Å². The van der Waals surface area contributed by atoms with Crippen molar-refractivity contribution in [1.29, 1.82) is 0 Å². The summed E-state index contributed by atoms with van der Waals surface area (Å²) >= 11 is 8.62. The van der Waals surface area contributed by atoms with Gasteiger partial charge in [0.15, 0.2) is 11.0 Å². The van der Waals surface area contributed by atoms with Crippen molar-refractivity contribution in [2.45, 2.75) is 0 Å². The SMILES string of the molecule is O=C(Nc1ccc([N+](=O)[O-])c(Br)c1)c1ccc(Cl)o1. The van der Waals surface area contributed by atoms with E-state index < -0.39 is 10.8 Å². The van der Waals surface area contributed by atoms with Crippen LogP contribution in [0.15, 0.2) is 39.2 Å². The first kappa shape index (κ1) is 13.6. The first-order chi connectivity index (χ1) is 8.97. The predicted octanol–water partition coefficient (Wildman–Crippen LogP) is 3.86. The Balaban J connectivity index is 2.18. The number of nitrogens with one attached hydrogen (secondary N) is 1. The lowest BCUT2D eigenvalue weighted by atomic mass is 10.3. The number of benzene rings is 1. The summed E-state index contributed by atoms with van der Waals surface area (Å²) in [5, 5.41) is 13.3. The highest BCUT2D eigenvalue weighted by atomic mass is 79.9.